The van der Waals surface area contributed by atoms with Crippen LogP contribution in [0.25, 0.3) is 16.8 Å². The first-order valence-electron chi connectivity index (χ1n) is 11.8. The van der Waals surface area contributed by atoms with Crippen molar-refractivity contribution in [2.24, 2.45) is 0 Å². The molecular formula is C30H23BrN2O3S. The van der Waals surface area contributed by atoms with Crippen molar-refractivity contribution in [2.75, 3.05) is 4.90 Å². The van der Waals surface area contributed by atoms with E-state index in [1.54, 1.807) is 6.08 Å². The molecule has 184 valence electrons. The second kappa shape index (κ2) is 10.7. The molecule has 0 saturated carbocycles. The molecule has 5 rings (SSSR count). The van der Waals surface area contributed by atoms with Crippen molar-refractivity contribution in [1.82, 2.24) is 5.32 Å². The highest BCUT2D eigenvalue weighted by atomic mass is 79.9. The van der Waals surface area contributed by atoms with Gasteiger partial charge in [0, 0.05) is 0 Å². The smallest absolute Gasteiger partial charge is 0.270 e. The topological polar surface area (TPSA) is 58.6 Å². The van der Waals surface area contributed by atoms with E-state index in [9.17, 15) is 9.59 Å². The molecule has 0 bridgehead atoms. The average Bonchev–Trinajstić information content (AvgIpc) is 2.91. The van der Waals surface area contributed by atoms with E-state index in [4.69, 9.17) is 17.0 Å². The lowest BCUT2D eigenvalue weighted by Gasteiger charge is -2.29. The first-order valence-corrected chi connectivity index (χ1v) is 13.0. The van der Waals surface area contributed by atoms with Gasteiger partial charge in [0.15, 0.2) is 5.11 Å². The van der Waals surface area contributed by atoms with Crippen LogP contribution in [0.15, 0.2) is 95.0 Å². The second-order valence-corrected chi connectivity index (χ2v) is 9.84. The molecule has 4 aromatic rings. The molecule has 1 fully saturated rings. The lowest BCUT2D eigenvalue weighted by molar-refractivity contribution is -0.122. The predicted molar refractivity (Wildman–Crippen MR) is 154 cm³/mol. The van der Waals surface area contributed by atoms with Gasteiger partial charge in [-0.25, -0.2) is 0 Å². The number of carbonyl (C=O) groups is 2. The third-order valence-electron chi connectivity index (χ3n) is 6.23. The summed E-state index contributed by atoms with van der Waals surface area (Å²) in [4.78, 5) is 27.3. The minimum Gasteiger partial charge on any atom is -0.488 e. The number of halogens is 1. The van der Waals surface area contributed by atoms with Gasteiger partial charge in [-0.15, -0.1) is 0 Å². The molecule has 0 unspecified atom stereocenters. The quantitative estimate of drug-likeness (QED) is 0.162. The van der Waals surface area contributed by atoms with E-state index in [2.05, 4.69) is 46.4 Å². The number of benzene rings is 4. The number of fused-ring (bicyclic) bond motifs is 1. The monoisotopic (exact) mass is 570 g/mol. The number of thiocarbonyl (C=S) groups is 1. The molecule has 1 aliphatic rings. The Bertz CT molecular complexity index is 1560. The van der Waals surface area contributed by atoms with Gasteiger partial charge >= 0.3 is 0 Å². The SMILES string of the molecule is CCc1ccc(N2C(=O)/C(=C/c3ccc(OCc4cccc5ccccc45)c(Br)c3)C(=O)NC2=S)cc1. The van der Waals surface area contributed by atoms with Gasteiger partial charge in [0.05, 0.1) is 10.2 Å². The lowest BCUT2D eigenvalue weighted by Crippen LogP contribution is -2.54. The summed E-state index contributed by atoms with van der Waals surface area (Å²) in [6.07, 6.45) is 2.45. The highest BCUT2D eigenvalue weighted by Gasteiger charge is 2.34. The van der Waals surface area contributed by atoms with Gasteiger partial charge in [-0.2, -0.15) is 0 Å². The van der Waals surface area contributed by atoms with Crippen LogP contribution in [-0.2, 0) is 22.6 Å². The third-order valence-corrected chi connectivity index (χ3v) is 7.14. The fourth-order valence-electron chi connectivity index (χ4n) is 4.24. The van der Waals surface area contributed by atoms with Gasteiger partial charge in [0.1, 0.15) is 17.9 Å². The van der Waals surface area contributed by atoms with Crippen LogP contribution in [0, 0.1) is 0 Å². The Morgan fingerprint density at radius 1 is 0.973 bits per heavy atom. The van der Waals surface area contributed by atoms with Gasteiger partial charge in [0.25, 0.3) is 11.8 Å². The highest BCUT2D eigenvalue weighted by Crippen LogP contribution is 2.30. The molecule has 1 heterocycles. The number of rotatable bonds is 6. The van der Waals surface area contributed by atoms with Crippen LogP contribution in [-0.4, -0.2) is 16.9 Å². The molecule has 0 aromatic heterocycles. The number of aryl methyl sites for hydroxylation is 1. The second-order valence-electron chi connectivity index (χ2n) is 8.59. The fourth-order valence-corrected chi connectivity index (χ4v) is 5.03. The van der Waals surface area contributed by atoms with Crippen LogP contribution in [0.3, 0.4) is 0 Å². The molecule has 1 N–H and O–H groups in total. The van der Waals surface area contributed by atoms with Gasteiger partial charge in [0.2, 0.25) is 0 Å². The Hall–Kier alpha value is -3.81. The average molecular weight is 571 g/mol. The van der Waals surface area contributed by atoms with E-state index in [1.165, 1.54) is 4.90 Å². The van der Waals surface area contributed by atoms with Gasteiger partial charge in [-0.1, -0.05) is 67.6 Å². The molecule has 37 heavy (non-hydrogen) atoms. The highest BCUT2D eigenvalue weighted by molar-refractivity contribution is 9.10. The van der Waals surface area contributed by atoms with E-state index in [-0.39, 0.29) is 10.7 Å². The van der Waals surface area contributed by atoms with Crippen molar-refractivity contribution in [1.29, 1.82) is 0 Å². The van der Waals surface area contributed by atoms with Crippen LogP contribution in [0.4, 0.5) is 5.69 Å². The Labute approximate surface area is 228 Å². The summed E-state index contributed by atoms with van der Waals surface area (Å²) in [7, 11) is 0. The molecule has 1 aliphatic heterocycles. The van der Waals surface area contributed by atoms with Crippen molar-refractivity contribution < 1.29 is 14.3 Å². The maximum absolute atomic E-state index is 13.3. The van der Waals surface area contributed by atoms with Crippen LogP contribution < -0.4 is 15.0 Å². The largest absolute Gasteiger partial charge is 0.488 e. The van der Waals surface area contributed by atoms with Gasteiger partial charge < -0.3 is 4.74 Å². The molecule has 5 nitrogen and oxygen atoms in total. The van der Waals surface area contributed by atoms with Gasteiger partial charge in [-0.3, -0.25) is 19.8 Å². The standard InChI is InChI=1S/C30H23BrN2O3S/c1-2-19-10-13-23(14-11-19)33-29(35)25(28(34)32-30(33)37)16-20-12-15-27(26(31)17-20)36-18-22-8-5-7-21-6-3-4-9-24(21)22/h3-17H,2,18H2,1H3,(H,32,34,37)/b25-16+. The first kappa shape index (κ1) is 24.9. The Balaban J connectivity index is 1.37. The fraction of sp³-hybridized carbons (Fsp3) is 0.100. The molecule has 0 spiro atoms. The number of ether oxygens (including phenoxy) is 1. The summed E-state index contributed by atoms with van der Waals surface area (Å²) in [6, 6.07) is 27.3. The molecule has 7 heteroatoms. The maximum Gasteiger partial charge on any atom is 0.270 e. The summed E-state index contributed by atoms with van der Waals surface area (Å²) in [5, 5.41) is 5.00. The minimum atomic E-state index is -0.524. The number of nitrogens with one attached hydrogen (secondary N) is 1. The number of carbonyl (C=O) groups excluding carboxylic acids is 2. The van der Waals surface area contributed by atoms with Crippen LogP contribution in [0.2, 0.25) is 0 Å². The van der Waals surface area contributed by atoms with Crippen LogP contribution in [0.5, 0.6) is 5.75 Å². The number of hydrogen-bond acceptors (Lipinski definition) is 4. The molecule has 2 amide bonds. The normalized spacial score (nSPS) is 14.8. The summed E-state index contributed by atoms with van der Waals surface area (Å²) in [5.74, 6) is -0.331. The number of anilines is 1. The molecule has 0 aliphatic carbocycles. The molecule has 0 radical (unpaired) electrons. The van der Waals surface area contributed by atoms with Crippen molar-refractivity contribution in [3.63, 3.8) is 0 Å². The zero-order valence-electron chi connectivity index (χ0n) is 20.0. The van der Waals surface area contributed by atoms with Crippen molar-refractivity contribution in [2.45, 2.75) is 20.0 Å². The first-order chi connectivity index (χ1) is 17.9. The molecular weight excluding hydrogens is 548 g/mol. The summed E-state index contributed by atoms with van der Waals surface area (Å²) >= 11 is 8.87. The summed E-state index contributed by atoms with van der Waals surface area (Å²) in [6.45, 7) is 2.47. The number of amides is 2. The van der Waals surface area contributed by atoms with E-state index < -0.39 is 11.8 Å². The van der Waals surface area contributed by atoms with Gasteiger partial charge in [-0.05, 0) is 92.4 Å². The minimum absolute atomic E-state index is 0.00416. The number of nitrogens with zero attached hydrogens (tertiary/aromatic N) is 1. The number of hydrogen-bond donors (Lipinski definition) is 1. The maximum atomic E-state index is 13.3. The zero-order valence-corrected chi connectivity index (χ0v) is 22.4. The Morgan fingerprint density at radius 3 is 2.49 bits per heavy atom. The Kier molecular flexibility index (Phi) is 7.17. The predicted octanol–water partition coefficient (Wildman–Crippen LogP) is 6.58. The summed E-state index contributed by atoms with van der Waals surface area (Å²) < 4.78 is 6.80. The van der Waals surface area contributed by atoms with E-state index in [0.29, 0.717) is 28.1 Å². The third kappa shape index (κ3) is 5.19. The van der Waals surface area contributed by atoms with E-state index in [0.717, 1.165) is 28.3 Å². The molecule has 0 atom stereocenters. The summed E-state index contributed by atoms with van der Waals surface area (Å²) in [5.41, 5.74) is 3.52. The van der Waals surface area contributed by atoms with Crippen molar-refractivity contribution >= 4 is 67.6 Å². The molecule has 1 saturated heterocycles. The van der Waals surface area contributed by atoms with E-state index in [1.807, 2.05) is 66.7 Å². The molecule has 4 aromatic carbocycles. The van der Waals surface area contributed by atoms with Crippen LogP contribution >= 0.6 is 28.1 Å². The van der Waals surface area contributed by atoms with Crippen LogP contribution in [0.1, 0.15) is 23.6 Å². The Morgan fingerprint density at radius 2 is 1.73 bits per heavy atom. The van der Waals surface area contributed by atoms with Crippen molar-refractivity contribution in [3.05, 3.63) is 112 Å². The zero-order chi connectivity index (χ0) is 25.9. The van der Waals surface area contributed by atoms with Crippen molar-refractivity contribution in [3.8, 4) is 5.75 Å². The lowest BCUT2D eigenvalue weighted by atomic mass is 10.1. The van der Waals surface area contributed by atoms with E-state index >= 15 is 0 Å².